The predicted molar refractivity (Wildman–Crippen MR) is 143 cm³/mol. The van der Waals surface area contributed by atoms with E-state index in [0.29, 0.717) is 27.8 Å². The van der Waals surface area contributed by atoms with Crippen molar-refractivity contribution in [3.8, 4) is 17.2 Å². The molecular weight excluding hydrogens is 521 g/mol. The Morgan fingerprint density at radius 1 is 1.00 bits per heavy atom. The van der Waals surface area contributed by atoms with Crippen molar-refractivity contribution < 1.29 is 33.6 Å². The average molecular weight is 556 g/mol. The molecule has 1 N–H and O–H groups in total. The summed E-state index contributed by atoms with van der Waals surface area (Å²) in [5.74, 6) is 1.39. The first-order chi connectivity index (χ1) is 17.4. The van der Waals surface area contributed by atoms with Gasteiger partial charge in [-0.2, -0.15) is 0 Å². The number of aldehydes is 1. The van der Waals surface area contributed by atoms with Gasteiger partial charge in [-0.15, -0.1) is 0 Å². The van der Waals surface area contributed by atoms with Gasteiger partial charge in [-0.05, 0) is 47.2 Å². The van der Waals surface area contributed by atoms with E-state index in [4.69, 9.17) is 42.1 Å². The smallest absolute Gasteiger partial charge is 0.408 e. The van der Waals surface area contributed by atoms with Gasteiger partial charge in [0.25, 0.3) is 0 Å². The molecule has 0 aliphatic rings. The lowest BCUT2D eigenvalue weighted by atomic mass is 9.82. The van der Waals surface area contributed by atoms with E-state index in [-0.39, 0.29) is 43.0 Å². The Bertz CT molecular complexity index is 1060. The van der Waals surface area contributed by atoms with Gasteiger partial charge in [-0.25, -0.2) is 4.79 Å². The fourth-order valence-electron chi connectivity index (χ4n) is 4.18. The highest BCUT2D eigenvalue weighted by Gasteiger charge is 2.43. The largest absolute Gasteiger partial charge is 0.493 e. The number of hydrogen-bond acceptors (Lipinski definition) is 6. The van der Waals surface area contributed by atoms with Crippen molar-refractivity contribution in [2.75, 3.05) is 34.5 Å². The van der Waals surface area contributed by atoms with Crippen LogP contribution in [-0.4, -0.2) is 56.9 Å². The number of nitrogens with zero attached hydrogens (tertiary/aromatic N) is 1. The molecule has 0 fully saturated rings. The Morgan fingerprint density at radius 3 is 2.08 bits per heavy atom. The van der Waals surface area contributed by atoms with Gasteiger partial charge < -0.3 is 28.8 Å². The van der Waals surface area contributed by atoms with E-state index in [1.807, 2.05) is 20.8 Å². The number of ether oxygens (including phenoxy) is 4. The molecule has 37 heavy (non-hydrogen) atoms. The molecule has 0 unspecified atom stereocenters. The summed E-state index contributed by atoms with van der Waals surface area (Å²) in [6, 6.07) is 8.50. The molecule has 0 saturated carbocycles. The fraction of sp³-hybridized carbons (Fsp3) is 0.481. The highest BCUT2D eigenvalue weighted by atomic mass is 35.5. The second-order valence-corrected chi connectivity index (χ2v) is 10.6. The zero-order valence-electron chi connectivity index (χ0n) is 22.1. The van der Waals surface area contributed by atoms with Gasteiger partial charge in [-0.1, -0.05) is 50.0 Å². The van der Waals surface area contributed by atoms with Crippen LogP contribution in [0.1, 0.15) is 44.7 Å². The lowest BCUT2D eigenvalue weighted by Crippen LogP contribution is -2.54. The number of carbonyl (C=O) groups excluding carboxylic acids is 1. The Hall–Kier alpha value is -2.68. The molecule has 2 aromatic rings. The number of carbonyl (C=O) groups is 2. The van der Waals surface area contributed by atoms with Gasteiger partial charge >= 0.3 is 6.09 Å². The maximum atomic E-state index is 12.7. The van der Waals surface area contributed by atoms with Crippen molar-refractivity contribution in [1.82, 2.24) is 4.90 Å². The first-order valence-corrected chi connectivity index (χ1v) is 12.4. The molecule has 0 aliphatic heterocycles. The van der Waals surface area contributed by atoms with E-state index < -0.39 is 11.6 Å². The van der Waals surface area contributed by atoms with Crippen LogP contribution in [-0.2, 0) is 21.7 Å². The minimum atomic E-state index is -1.21. The summed E-state index contributed by atoms with van der Waals surface area (Å²) in [7, 11) is 4.56. The summed E-state index contributed by atoms with van der Waals surface area (Å²) in [5, 5.41) is 11.0. The molecule has 10 heteroatoms. The minimum absolute atomic E-state index is 0.0438. The second kappa shape index (κ2) is 13.2. The molecule has 2 rings (SSSR count). The summed E-state index contributed by atoms with van der Waals surface area (Å²) in [4.78, 5) is 25.5. The molecule has 1 atom stereocenters. The molecule has 0 bridgehead atoms. The van der Waals surface area contributed by atoms with Crippen LogP contribution in [0.5, 0.6) is 17.2 Å². The van der Waals surface area contributed by atoms with E-state index in [2.05, 4.69) is 0 Å². The zero-order valence-corrected chi connectivity index (χ0v) is 23.6. The third-order valence-electron chi connectivity index (χ3n) is 5.85. The lowest BCUT2D eigenvalue weighted by molar-refractivity contribution is -0.109. The summed E-state index contributed by atoms with van der Waals surface area (Å²) < 4.78 is 22.4. The molecule has 0 heterocycles. The maximum absolute atomic E-state index is 12.7. The molecule has 204 valence electrons. The SMILES string of the molecule is COc1cc(COC[C@](CCC=O)(c2ccc(Cl)c(Cl)c2)N(CC(C)(C)C)C(=O)O)cc(OC)c1OC. The number of carboxylic acid groups (broad SMARTS) is 1. The van der Waals surface area contributed by atoms with E-state index in [1.165, 1.54) is 26.2 Å². The van der Waals surface area contributed by atoms with Crippen LogP contribution in [0.15, 0.2) is 30.3 Å². The number of amides is 1. The van der Waals surface area contributed by atoms with Crippen LogP contribution in [0.3, 0.4) is 0 Å². The summed E-state index contributed by atoms with van der Waals surface area (Å²) >= 11 is 12.5. The highest BCUT2D eigenvalue weighted by Crippen LogP contribution is 2.41. The molecular formula is C27H35Cl2NO7. The van der Waals surface area contributed by atoms with E-state index in [9.17, 15) is 14.7 Å². The van der Waals surface area contributed by atoms with Crippen molar-refractivity contribution in [3.05, 3.63) is 51.5 Å². The molecule has 0 spiro atoms. The van der Waals surface area contributed by atoms with Crippen molar-refractivity contribution in [1.29, 1.82) is 0 Å². The van der Waals surface area contributed by atoms with Gasteiger partial charge in [-0.3, -0.25) is 4.90 Å². The van der Waals surface area contributed by atoms with Crippen molar-refractivity contribution in [2.24, 2.45) is 5.41 Å². The van der Waals surface area contributed by atoms with Gasteiger partial charge in [0.05, 0.1) is 50.1 Å². The Morgan fingerprint density at radius 2 is 1.62 bits per heavy atom. The van der Waals surface area contributed by atoms with Gasteiger partial charge in [0, 0.05) is 13.0 Å². The Labute approximate surface area is 228 Å². The predicted octanol–water partition coefficient (Wildman–Crippen LogP) is 6.44. The zero-order chi connectivity index (χ0) is 27.8. The van der Waals surface area contributed by atoms with Gasteiger partial charge in [0.15, 0.2) is 11.5 Å². The maximum Gasteiger partial charge on any atom is 0.408 e. The van der Waals surface area contributed by atoms with Gasteiger partial charge in [0.2, 0.25) is 5.75 Å². The van der Waals surface area contributed by atoms with Crippen LogP contribution in [0.25, 0.3) is 0 Å². The van der Waals surface area contributed by atoms with Crippen LogP contribution >= 0.6 is 23.2 Å². The number of rotatable bonds is 13. The first kappa shape index (κ1) is 30.5. The summed E-state index contributed by atoms with van der Waals surface area (Å²) in [5.41, 5.74) is -0.280. The third-order valence-corrected chi connectivity index (χ3v) is 6.59. The molecule has 8 nitrogen and oxygen atoms in total. The standard InChI is InChI=1S/C27H35Cl2NO7/c1-26(2,3)16-30(25(32)33)27(10-7-11-31,19-8-9-20(28)21(29)14-19)17-37-15-18-12-22(34-4)24(36-6)23(13-18)35-5/h8-9,11-14H,7,10,15-17H2,1-6H3,(H,32,33)/t27-/m1/s1. The number of hydrogen-bond donors (Lipinski definition) is 1. The Kier molecular flexibility index (Phi) is 10.9. The van der Waals surface area contributed by atoms with Crippen LogP contribution in [0.2, 0.25) is 10.0 Å². The van der Waals surface area contributed by atoms with Gasteiger partial charge in [0.1, 0.15) is 6.29 Å². The number of halogens is 2. The van der Waals surface area contributed by atoms with Crippen molar-refractivity contribution in [2.45, 2.75) is 45.8 Å². The number of benzene rings is 2. The van der Waals surface area contributed by atoms with Crippen LogP contribution in [0, 0.1) is 5.41 Å². The fourth-order valence-corrected chi connectivity index (χ4v) is 4.48. The summed E-state index contributed by atoms with van der Waals surface area (Å²) in [6.45, 7) is 6.09. The normalized spacial score (nSPS) is 13.0. The minimum Gasteiger partial charge on any atom is -0.493 e. The van der Waals surface area contributed by atoms with Crippen LogP contribution < -0.4 is 14.2 Å². The monoisotopic (exact) mass is 555 g/mol. The topological polar surface area (TPSA) is 94.5 Å². The molecule has 2 aromatic carbocycles. The molecule has 1 amide bonds. The van der Waals surface area contributed by atoms with Crippen molar-refractivity contribution >= 4 is 35.6 Å². The lowest BCUT2D eigenvalue weighted by Gasteiger charge is -2.45. The van der Waals surface area contributed by atoms with E-state index in [1.54, 1.807) is 30.3 Å². The summed E-state index contributed by atoms with van der Waals surface area (Å²) in [6.07, 6.45) is -0.0700. The number of methoxy groups -OCH3 is 3. The molecule has 0 radical (unpaired) electrons. The van der Waals surface area contributed by atoms with Crippen molar-refractivity contribution in [3.63, 3.8) is 0 Å². The molecule has 0 aromatic heterocycles. The highest BCUT2D eigenvalue weighted by molar-refractivity contribution is 6.42. The second-order valence-electron chi connectivity index (χ2n) is 9.82. The molecule has 0 saturated heterocycles. The molecule has 0 aliphatic carbocycles. The van der Waals surface area contributed by atoms with E-state index in [0.717, 1.165) is 11.8 Å². The average Bonchev–Trinajstić information content (AvgIpc) is 2.85. The Balaban J connectivity index is 2.56. The van der Waals surface area contributed by atoms with E-state index >= 15 is 0 Å². The van der Waals surface area contributed by atoms with Crippen LogP contribution in [0.4, 0.5) is 4.79 Å². The first-order valence-electron chi connectivity index (χ1n) is 11.7. The third kappa shape index (κ3) is 7.66. The quantitative estimate of drug-likeness (QED) is 0.284.